The number of amides is 2. The molecule has 0 saturated heterocycles. The van der Waals surface area contributed by atoms with Gasteiger partial charge in [0.1, 0.15) is 6.61 Å². The average molecular weight is 455 g/mol. The number of ether oxygens (including phenoxy) is 2. The van der Waals surface area contributed by atoms with Gasteiger partial charge in [0.25, 0.3) is 11.8 Å². The SMILES string of the molecule is O=C(NNC(=O)C1COc2ccccc2O1)c1ccc(CSc2ccc(Cl)cc2)cc1. The van der Waals surface area contributed by atoms with Crippen LogP contribution in [0.4, 0.5) is 0 Å². The molecule has 8 heteroatoms. The summed E-state index contributed by atoms with van der Waals surface area (Å²) in [4.78, 5) is 25.8. The maximum atomic E-state index is 12.3. The first kappa shape index (κ1) is 21.1. The zero-order valence-corrected chi connectivity index (χ0v) is 17.9. The molecule has 3 aromatic carbocycles. The highest BCUT2D eigenvalue weighted by Gasteiger charge is 2.27. The molecule has 4 rings (SSSR count). The highest BCUT2D eigenvalue weighted by atomic mass is 35.5. The Morgan fingerprint density at radius 1 is 0.935 bits per heavy atom. The highest BCUT2D eigenvalue weighted by Crippen LogP contribution is 2.30. The zero-order valence-electron chi connectivity index (χ0n) is 16.3. The van der Waals surface area contributed by atoms with Crippen molar-refractivity contribution in [3.05, 3.63) is 88.9 Å². The number of carbonyl (C=O) groups is 2. The third kappa shape index (κ3) is 5.51. The van der Waals surface area contributed by atoms with Crippen molar-refractivity contribution >= 4 is 35.2 Å². The molecule has 0 aromatic heterocycles. The first-order valence-corrected chi connectivity index (χ1v) is 10.9. The summed E-state index contributed by atoms with van der Waals surface area (Å²) in [5.74, 6) is 0.944. The summed E-state index contributed by atoms with van der Waals surface area (Å²) in [5.41, 5.74) is 6.31. The zero-order chi connectivity index (χ0) is 21.6. The van der Waals surface area contributed by atoms with Crippen LogP contribution in [0, 0.1) is 0 Å². The lowest BCUT2D eigenvalue weighted by Gasteiger charge is -2.25. The molecule has 0 spiro atoms. The summed E-state index contributed by atoms with van der Waals surface area (Å²) in [6, 6.07) is 22.0. The number of thioether (sulfide) groups is 1. The molecule has 1 aliphatic rings. The monoisotopic (exact) mass is 454 g/mol. The Labute approximate surface area is 188 Å². The molecule has 0 saturated carbocycles. The van der Waals surface area contributed by atoms with E-state index in [2.05, 4.69) is 10.9 Å². The molecule has 0 aliphatic carbocycles. The largest absolute Gasteiger partial charge is 0.485 e. The van der Waals surface area contributed by atoms with Gasteiger partial charge in [0, 0.05) is 21.2 Å². The number of halogens is 1. The Bertz CT molecular complexity index is 1070. The van der Waals surface area contributed by atoms with E-state index in [1.54, 1.807) is 42.1 Å². The molecule has 0 fully saturated rings. The number of nitrogens with one attached hydrogen (secondary N) is 2. The summed E-state index contributed by atoms with van der Waals surface area (Å²) in [6.07, 6.45) is -0.845. The smallest absolute Gasteiger partial charge is 0.283 e. The van der Waals surface area contributed by atoms with Crippen molar-refractivity contribution in [2.75, 3.05) is 6.61 Å². The minimum Gasteiger partial charge on any atom is -0.485 e. The summed E-state index contributed by atoms with van der Waals surface area (Å²) < 4.78 is 11.1. The van der Waals surface area contributed by atoms with Gasteiger partial charge in [0.2, 0.25) is 6.10 Å². The molecule has 1 unspecified atom stereocenters. The van der Waals surface area contributed by atoms with Crippen LogP contribution in [0.1, 0.15) is 15.9 Å². The van der Waals surface area contributed by atoms with Crippen LogP contribution in [0.25, 0.3) is 0 Å². The lowest BCUT2D eigenvalue weighted by molar-refractivity contribution is -0.131. The summed E-state index contributed by atoms with van der Waals surface area (Å²) in [7, 11) is 0. The predicted octanol–water partition coefficient (Wildman–Crippen LogP) is 4.23. The van der Waals surface area contributed by atoms with E-state index in [0.29, 0.717) is 22.1 Å². The number of hydrazine groups is 1. The van der Waals surface area contributed by atoms with Crippen molar-refractivity contribution in [1.29, 1.82) is 0 Å². The van der Waals surface area contributed by atoms with Crippen molar-refractivity contribution in [3.8, 4) is 11.5 Å². The third-order valence-electron chi connectivity index (χ3n) is 4.54. The molecule has 1 heterocycles. The molecule has 1 aliphatic heterocycles. The lowest BCUT2D eigenvalue weighted by atomic mass is 10.1. The number of para-hydroxylation sites is 2. The molecular weight excluding hydrogens is 436 g/mol. The van der Waals surface area contributed by atoms with Gasteiger partial charge in [0.05, 0.1) is 0 Å². The van der Waals surface area contributed by atoms with Crippen LogP contribution < -0.4 is 20.3 Å². The predicted molar refractivity (Wildman–Crippen MR) is 119 cm³/mol. The van der Waals surface area contributed by atoms with Crippen molar-refractivity contribution < 1.29 is 19.1 Å². The van der Waals surface area contributed by atoms with Crippen LogP contribution in [0.2, 0.25) is 5.02 Å². The number of fused-ring (bicyclic) bond motifs is 1. The molecule has 2 N–H and O–H groups in total. The van der Waals surface area contributed by atoms with E-state index in [1.807, 2.05) is 42.5 Å². The van der Waals surface area contributed by atoms with Gasteiger partial charge >= 0.3 is 0 Å². The molecular formula is C23H19ClN2O4S. The number of rotatable bonds is 5. The van der Waals surface area contributed by atoms with Crippen molar-refractivity contribution in [1.82, 2.24) is 10.9 Å². The molecule has 2 amide bonds. The standard InChI is InChI=1S/C23H19ClN2O4S/c24-17-9-11-18(12-10-17)31-14-15-5-7-16(8-6-15)22(27)25-26-23(28)21-13-29-19-3-1-2-4-20(19)30-21/h1-12,21H,13-14H2,(H,25,27)(H,26,28). The number of hydrogen-bond acceptors (Lipinski definition) is 5. The fourth-order valence-corrected chi connectivity index (χ4v) is 3.85. The first-order chi connectivity index (χ1) is 15.1. The average Bonchev–Trinajstić information content (AvgIpc) is 2.82. The number of carbonyl (C=O) groups excluding carboxylic acids is 2. The molecule has 6 nitrogen and oxygen atoms in total. The van der Waals surface area contributed by atoms with Gasteiger partial charge in [-0.2, -0.15) is 0 Å². The van der Waals surface area contributed by atoms with Gasteiger partial charge in [0.15, 0.2) is 11.5 Å². The Morgan fingerprint density at radius 2 is 1.65 bits per heavy atom. The summed E-state index contributed by atoms with van der Waals surface area (Å²) in [6.45, 7) is 0.0682. The van der Waals surface area contributed by atoms with Crippen molar-refractivity contribution in [3.63, 3.8) is 0 Å². The summed E-state index contributed by atoms with van der Waals surface area (Å²) in [5, 5.41) is 0.708. The fourth-order valence-electron chi connectivity index (χ4n) is 2.87. The van der Waals surface area contributed by atoms with Crippen LogP contribution in [-0.4, -0.2) is 24.5 Å². The van der Waals surface area contributed by atoms with E-state index in [-0.39, 0.29) is 6.61 Å². The number of benzene rings is 3. The van der Waals surface area contributed by atoms with E-state index < -0.39 is 17.9 Å². The van der Waals surface area contributed by atoms with E-state index in [1.165, 1.54) is 0 Å². The molecule has 158 valence electrons. The van der Waals surface area contributed by atoms with Crippen LogP contribution in [0.3, 0.4) is 0 Å². The quantitative estimate of drug-likeness (QED) is 0.445. The summed E-state index contributed by atoms with van der Waals surface area (Å²) >= 11 is 7.58. The van der Waals surface area contributed by atoms with Gasteiger partial charge in [-0.25, -0.2) is 0 Å². The van der Waals surface area contributed by atoms with Crippen LogP contribution >= 0.6 is 23.4 Å². The fraction of sp³-hybridized carbons (Fsp3) is 0.130. The molecule has 0 radical (unpaired) electrons. The topological polar surface area (TPSA) is 76.7 Å². The maximum Gasteiger partial charge on any atom is 0.283 e. The molecule has 0 bridgehead atoms. The second-order valence-corrected chi connectivity index (χ2v) is 8.23. The number of hydrogen-bond donors (Lipinski definition) is 2. The van der Waals surface area contributed by atoms with Gasteiger partial charge < -0.3 is 9.47 Å². The minimum absolute atomic E-state index is 0.0682. The molecule has 3 aromatic rings. The highest BCUT2D eigenvalue weighted by molar-refractivity contribution is 7.98. The van der Waals surface area contributed by atoms with E-state index >= 15 is 0 Å². The van der Waals surface area contributed by atoms with Gasteiger partial charge in [-0.3, -0.25) is 20.4 Å². The third-order valence-corrected chi connectivity index (χ3v) is 5.87. The molecule has 1 atom stereocenters. The van der Waals surface area contributed by atoms with E-state index in [0.717, 1.165) is 16.2 Å². The first-order valence-electron chi connectivity index (χ1n) is 9.54. The second-order valence-electron chi connectivity index (χ2n) is 6.75. The van der Waals surface area contributed by atoms with Crippen LogP contribution in [0.15, 0.2) is 77.7 Å². The van der Waals surface area contributed by atoms with E-state index in [9.17, 15) is 9.59 Å². The van der Waals surface area contributed by atoms with Crippen molar-refractivity contribution in [2.45, 2.75) is 16.8 Å². The Morgan fingerprint density at radius 3 is 2.39 bits per heavy atom. The van der Waals surface area contributed by atoms with Gasteiger partial charge in [-0.05, 0) is 54.1 Å². The maximum absolute atomic E-state index is 12.3. The van der Waals surface area contributed by atoms with Crippen LogP contribution in [-0.2, 0) is 10.5 Å². The minimum atomic E-state index is -0.845. The van der Waals surface area contributed by atoms with E-state index in [4.69, 9.17) is 21.1 Å². The van der Waals surface area contributed by atoms with Gasteiger partial charge in [-0.1, -0.05) is 35.9 Å². The Kier molecular flexibility index (Phi) is 6.64. The van der Waals surface area contributed by atoms with Crippen LogP contribution in [0.5, 0.6) is 11.5 Å². The van der Waals surface area contributed by atoms with Gasteiger partial charge in [-0.15, -0.1) is 11.8 Å². The Balaban J connectivity index is 1.26. The van der Waals surface area contributed by atoms with Crippen molar-refractivity contribution in [2.24, 2.45) is 0 Å². The Hall–Kier alpha value is -3.16. The molecule has 31 heavy (non-hydrogen) atoms. The second kappa shape index (κ2) is 9.76. The lowest BCUT2D eigenvalue weighted by Crippen LogP contribution is -2.50. The normalized spacial score (nSPS) is 14.5.